The molecule has 0 saturated carbocycles. The van der Waals surface area contributed by atoms with Crippen LogP contribution in [0.4, 0.5) is 0 Å². The van der Waals surface area contributed by atoms with Gasteiger partial charge in [-0.3, -0.25) is 9.58 Å². The highest BCUT2D eigenvalue weighted by atomic mass is 35.5. The molecule has 4 heteroatoms. The van der Waals surface area contributed by atoms with Crippen LogP contribution in [0.3, 0.4) is 0 Å². The summed E-state index contributed by atoms with van der Waals surface area (Å²) in [6, 6.07) is 0.672. The summed E-state index contributed by atoms with van der Waals surface area (Å²) in [7, 11) is 0. The Labute approximate surface area is 109 Å². The molecule has 1 saturated heterocycles. The first-order valence-corrected chi connectivity index (χ1v) is 7.18. The lowest BCUT2D eigenvalue weighted by atomic mass is 9.99. The third-order valence-electron chi connectivity index (χ3n) is 3.59. The van der Waals surface area contributed by atoms with Crippen molar-refractivity contribution in [3.8, 4) is 0 Å². The maximum absolute atomic E-state index is 5.89. The van der Waals surface area contributed by atoms with E-state index in [-0.39, 0.29) is 0 Å². The number of hydrogen-bond acceptors (Lipinski definition) is 2. The zero-order chi connectivity index (χ0) is 12.1. The van der Waals surface area contributed by atoms with Crippen LogP contribution in [0.5, 0.6) is 0 Å². The SMILES string of the molecule is CCn1cc(CN2CCCCC2CCCl)cn1. The van der Waals surface area contributed by atoms with Crippen LogP contribution >= 0.6 is 11.6 Å². The van der Waals surface area contributed by atoms with E-state index in [9.17, 15) is 0 Å². The molecular formula is C13H22ClN3. The van der Waals surface area contributed by atoms with E-state index < -0.39 is 0 Å². The molecule has 0 amide bonds. The number of halogens is 1. The van der Waals surface area contributed by atoms with Crippen LogP contribution in [-0.4, -0.2) is 33.1 Å². The summed E-state index contributed by atoms with van der Waals surface area (Å²) >= 11 is 5.89. The number of aryl methyl sites for hydroxylation is 1. The fraction of sp³-hybridized carbons (Fsp3) is 0.769. The van der Waals surface area contributed by atoms with Crippen molar-refractivity contribution in [1.82, 2.24) is 14.7 Å². The molecule has 1 aliphatic heterocycles. The van der Waals surface area contributed by atoms with Gasteiger partial charge in [-0.15, -0.1) is 11.6 Å². The largest absolute Gasteiger partial charge is 0.296 e. The van der Waals surface area contributed by atoms with Crippen molar-refractivity contribution in [2.75, 3.05) is 12.4 Å². The number of aromatic nitrogens is 2. The van der Waals surface area contributed by atoms with Gasteiger partial charge in [-0.2, -0.15) is 5.10 Å². The molecule has 17 heavy (non-hydrogen) atoms. The molecule has 0 aliphatic carbocycles. The monoisotopic (exact) mass is 255 g/mol. The summed E-state index contributed by atoms with van der Waals surface area (Å²) in [6.45, 7) is 5.31. The van der Waals surface area contributed by atoms with Crippen LogP contribution in [-0.2, 0) is 13.1 Å². The van der Waals surface area contributed by atoms with Crippen molar-refractivity contribution in [3.05, 3.63) is 18.0 Å². The first-order valence-electron chi connectivity index (χ1n) is 6.65. The summed E-state index contributed by atoms with van der Waals surface area (Å²) in [5, 5.41) is 4.34. The van der Waals surface area contributed by atoms with Crippen molar-refractivity contribution in [3.63, 3.8) is 0 Å². The molecule has 1 fully saturated rings. The van der Waals surface area contributed by atoms with E-state index in [1.54, 1.807) is 0 Å². The second kappa shape index (κ2) is 6.41. The zero-order valence-electron chi connectivity index (χ0n) is 10.6. The van der Waals surface area contributed by atoms with E-state index in [4.69, 9.17) is 11.6 Å². The van der Waals surface area contributed by atoms with Gasteiger partial charge in [-0.25, -0.2) is 0 Å². The van der Waals surface area contributed by atoms with Gasteiger partial charge in [0.05, 0.1) is 6.20 Å². The first-order chi connectivity index (χ1) is 8.33. The number of nitrogens with zero attached hydrogens (tertiary/aromatic N) is 3. The maximum atomic E-state index is 5.89. The quantitative estimate of drug-likeness (QED) is 0.755. The van der Waals surface area contributed by atoms with Crippen molar-refractivity contribution in [2.45, 2.75) is 51.7 Å². The number of rotatable bonds is 5. The summed E-state index contributed by atoms with van der Waals surface area (Å²) in [5.74, 6) is 0.773. The van der Waals surface area contributed by atoms with Gasteiger partial charge >= 0.3 is 0 Å². The van der Waals surface area contributed by atoms with Gasteiger partial charge in [0, 0.05) is 36.8 Å². The minimum atomic E-state index is 0.672. The number of hydrogen-bond donors (Lipinski definition) is 0. The molecule has 96 valence electrons. The van der Waals surface area contributed by atoms with E-state index in [1.165, 1.54) is 31.4 Å². The van der Waals surface area contributed by atoms with Gasteiger partial charge in [0.2, 0.25) is 0 Å². The number of likely N-dealkylation sites (tertiary alicyclic amines) is 1. The first kappa shape index (κ1) is 12.9. The summed E-state index contributed by atoms with van der Waals surface area (Å²) in [4.78, 5) is 2.57. The molecule has 0 bridgehead atoms. The lowest BCUT2D eigenvalue weighted by molar-refractivity contribution is 0.137. The van der Waals surface area contributed by atoms with Crippen LogP contribution in [0.25, 0.3) is 0 Å². The van der Waals surface area contributed by atoms with Crippen LogP contribution in [0.15, 0.2) is 12.4 Å². The molecule has 1 atom stereocenters. The van der Waals surface area contributed by atoms with Gasteiger partial charge in [-0.1, -0.05) is 6.42 Å². The fourth-order valence-corrected chi connectivity index (χ4v) is 2.87. The molecule has 1 aromatic heterocycles. The molecule has 2 heterocycles. The van der Waals surface area contributed by atoms with Gasteiger partial charge < -0.3 is 0 Å². The van der Waals surface area contributed by atoms with Gasteiger partial charge in [0.15, 0.2) is 0 Å². The van der Waals surface area contributed by atoms with Crippen LogP contribution < -0.4 is 0 Å². The predicted octanol–water partition coefficient (Wildman–Crippen LogP) is 2.89. The Morgan fingerprint density at radius 2 is 2.35 bits per heavy atom. The highest BCUT2D eigenvalue weighted by molar-refractivity contribution is 6.17. The smallest absolute Gasteiger partial charge is 0.0534 e. The van der Waals surface area contributed by atoms with E-state index in [2.05, 4.69) is 23.1 Å². The van der Waals surface area contributed by atoms with Gasteiger partial charge in [0.1, 0.15) is 0 Å². The Bertz CT molecular complexity index is 335. The van der Waals surface area contributed by atoms with E-state index in [1.807, 2.05) is 10.9 Å². The molecule has 0 N–H and O–H groups in total. The second-order valence-corrected chi connectivity index (χ2v) is 5.18. The van der Waals surface area contributed by atoms with E-state index in [0.29, 0.717) is 6.04 Å². The third kappa shape index (κ3) is 3.46. The molecule has 0 radical (unpaired) electrons. The van der Waals surface area contributed by atoms with Crippen LogP contribution in [0.2, 0.25) is 0 Å². The highest BCUT2D eigenvalue weighted by Gasteiger charge is 2.22. The second-order valence-electron chi connectivity index (χ2n) is 4.80. The minimum Gasteiger partial charge on any atom is -0.296 e. The predicted molar refractivity (Wildman–Crippen MR) is 71.3 cm³/mol. The van der Waals surface area contributed by atoms with E-state index >= 15 is 0 Å². The highest BCUT2D eigenvalue weighted by Crippen LogP contribution is 2.22. The average molecular weight is 256 g/mol. The molecule has 2 rings (SSSR count). The normalized spacial score (nSPS) is 21.9. The Balaban J connectivity index is 1.95. The minimum absolute atomic E-state index is 0.672. The topological polar surface area (TPSA) is 21.1 Å². The van der Waals surface area contributed by atoms with E-state index in [0.717, 1.165) is 25.4 Å². The molecule has 3 nitrogen and oxygen atoms in total. The summed E-state index contributed by atoms with van der Waals surface area (Å²) < 4.78 is 2.00. The summed E-state index contributed by atoms with van der Waals surface area (Å²) in [6.07, 6.45) is 9.24. The molecule has 0 aromatic carbocycles. The van der Waals surface area contributed by atoms with Gasteiger partial charge in [0.25, 0.3) is 0 Å². The molecular weight excluding hydrogens is 234 g/mol. The molecule has 1 aromatic rings. The third-order valence-corrected chi connectivity index (χ3v) is 3.81. The Morgan fingerprint density at radius 1 is 1.47 bits per heavy atom. The lowest BCUT2D eigenvalue weighted by Crippen LogP contribution is -2.39. The van der Waals surface area contributed by atoms with Crippen molar-refractivity contribution >= 4 is 11.6 Å². The van der Waals surface area contributed by atoms with Crippen LogP contribution in [0, 0.1) is 0 Å². The lowest BCUT2D eigenvalue weighted by Gasteiger charge is -2.35. The van der Waals surface area contributed by atoms with Crippen molar-refractivity contribution in [1.29, 1.82) is 0 Å². The Kier molecular flexibility index (Phi) is 4.86. The number of piperidine rings is 1. The van der Waals surface area contributed by atoms with Crippen LogP contribution in [0.1, 0.15) is 38.2 Å². The molecule has 1 unspecified atom stereocenters. The fourth-order valence-electron chi connectivity index (χ4n) is 2.62. The number of alkyl halides is 1. The standard InChI is InChI=1S/C13H22ClN3/c1-2-17-11-12(9-15-17)10-16-8-4-3-5-13(16)6-7-14/h9,11,13H,2-8,10H2,1H3. The molecule has 1 aliphatic rings. The zero-order valence-corrected chi connectivity index (χ0v) is 11.4. The van der Waals surface area contributed by atoms with Crippen molar-refractivity contribution < 1.29 is 0 Å². The maximum Gasteiger partial charge on any atom is 0.0534 e. The Hall–Kier alpha value is -0.540. The Morgan fingerprint density at radius 3 is 3.06 bits per heavy atom. The molecule has 0 spiro atoms. The average Bonchev–Trinajstić information content (AvgIpc) is 2.80. The summed E-state index contributed by atoms with van der Waals surface area (Å²) in [5.41, 5.74) is 1.33. The van der Waals surface area contributed by atoms with Gasteiger partial charge in [-0.05, 0) is 32.7 Å². The van der Waals surface area contributed by atoms with Crippen molar-refractivity contribution in [2.24, 2.45) is 0 Å².